The zero-order valence-corrected chi connectivity index (χ0v) is 17.6. The molecule has 0 aliphatic carbocycles. The Morgan fingerprint density at radius 1 is 1.10 bits per heavy atom. The zero-order valence-electron chi connectivity index (χ0n) is 16.8. The second-order valence-electron chi connectivity index (χ2n) is 6.48. The van der Waals surface area contributed by atoms with Crippen LogP contribution < -0.4 is 20.1 Å². The number of thiazole rings is 1. The Morgan fingerprint density at radius 3 is 2.59 bits per heavy atom. The number of unbranched alkanes of at least 4 members (excludes halogenated alkanes) is 1. The second-order valence-corrected chi connectivity index (χ2v) is 7.34. The molecule has 0 aliphatic heterocycles. The minimum atomic E-state index is -0.239. The summed E-state index contributed by atoms with van der Waals surface area (Å²) in [6.07, 6.45) is 3.39. The van der Waals surface area contributed by atoms with Crippen molar-refractivity contribution >= 4 is 33.8 Å². The number of nitrogens with one attached hydrogen (secondary N) is 2. The maximum Gasteiger partial charge on any atom is 0.275 e. The van der Waals surface area contributed by atoms with E-state index in [9.17, 15) is 4.79 Å². The van der Waals surface area contributed by atoms with E-state index in [2.05, 4.69) is 34.7 Å². The molecule has 0 aliphatic rings. The SMILES string of the molecule is CCCCc1ccc(NC(=O)c2csc(Nc3ccc(OC)cc3OC)n2)cc1. The number of benzene rings is 2. The fourth-order valence-electron chi connectivity index (χ4n) is 2.78. The summed E-state index contributed by atoms with van der Waals surface area (Å²) >= 11 is 1.35. The first-order chi connectivity index (χ1) is 14.1. The van der Waals surface area contributed by atoms with Gasteiger partial charge in [0.1, 0.15) is 17.2 Å². The van der Waals surface area contributed by atoms with Crippen molar-refractivity contribution in [2.24, 2.45) is 0 Å². The molecule has 1 aromatic heterocycles. The van der Waals surface area contributed by atoms with Gasteiger partial charge in [0.15, 0.2) is 5.13 Å². The van der Waals surface area contributed by atoms with E-state index in [1.54, 1.807) is 25.7 Å². The average Bonchev–Trinajstić information content (AvgIpc) is 3.22. The lowest BCUT2D eigenvalue weighted by molar-refractivity contribution is 0.102. The van der Waals surface area contributed by atoms with E-state index >= 15 is 0 Å². The van der Waals surface area contributed by atoms with Gasteiger partial charge in [-0.05, 0) is 42.7 Å². The molecule has 0 fully saturated rings. The molecule has 0 unspecified atom stereocenters. The zero-order chi connectivity index (χ0) is 20.6. The average molecular weight is 412 g/mol. The Morgan fingerprint density at radius 2 is 1.90 bits per heavy atom. The van der Waals surface area contributed by atoms with Crippen LogP contribution in [0.3, 0.4) is 0 Å². The number of methoxy groups -OCH3 is 2. The maximum absolute atomic E-state index is 12.5. The molecule has 0 spiro atoms. The molecule has 3 aromatic rings. The van der Waals surface area contributed by atoms with Crippen molar-refractivity contribution < 1.29 is 14.3 Å². The number of ether oxygens (including phenoxy) is 2. The molecule has 2 N–H and O–H groups in total. The van der Waals surface area contributed by atoms with Gasteiger partial charge in [-0.1, -0.05) is 25.5 Å². The second kappa shape index (κ2) is 9.93. The molecule has 0 bridgehead atoms. The molecule has 3 rings (SSSR count). The number of carbonyl (C=O) groups is 1. The van der Waals surface area contributed by atoms with Crippen molar-refractivity contribution in [1.82, 2.24) is 4.98 Å². The van der Waals surface area contributed by atoms with Gasteiger partial charge in [-0.15, -0.1) is 11.3 Å². The minimum Gasteiger partial charge on any atom is -0.497 e. The maximum atomic E-state index is 12.5. The quantitative estimate of drug-likeness (QED) is 0.486. The van der Waals surface area contributed by atoms with Crippen molar-refractivity contribution in [2.75, 3.05) is 24.9 Å². The van der Waals surface area contributed by atoms with Gasteiger partial charge in [0.25, 0.3) is 5.91 Å². The monoisotopic (exact) mass is 411 g/mol. The molecule has 152 valence electrons. The normalized spacial score (nSPS) is 10.4. The van der Waals surface area contributed by atoms with Crippen LogP contribution >= 0.6 is 11.3 Å². The lowest BCUT2D eigenvalue weighted by Crippen LogP contribution is -2.12. The molecule has 2 aromatic carbocycles. The van der Waals surface area contributed by atoms with E-state index in [0.29, 0.717) is 22.3 Å². The first-order valence-corrected chi connectivity index (χ1v) is 10.4. The first-order valence-electron chi connectivity index (χ1n) is 9.47. The van der Waals surface area contributed by atoms with E-state index in [4.69, 9.17) is 9.47 Å². The van der Waals surface area contributed by atoms with Crippen LogP contribution in [0.1, 0.15) is 35.8 Å². The van der Waals surface area contributed by atoms with Gasteiger partial charge >= 0.3 is 0 Å². The number of hydrogen-bond acceptors (Lipinski definition) is 6. The lowest BCUT2D eigenvalue weighted by Gasteiger charge is -2.10. The molecule has 1 amide bonds. The molecular formula is C22H25N3O3S. The smallest absolute Gasteiger partial charge is 0.275 e. The summed E-state index contributed by atoms with van der Waals surface area (Å²) in [7, 11) is 3.19. The van der Waals surface area contributed by atoms with Gasteiger partial charge in [0.2, 0.25) is 0 Å². The highest BCUT2D eigenvalue weighted by Gasteiger charge is 2.13. The molecule has 0 saturated heterocycles. The number of nitrogens with zero attached hydrogens (tertiary/aromatic N) is 1. The number of aryl methyl sites for hydroxylation is 1. The minimum absolute atomic E-state index is 0.239. The first kappa shape index (κ1) is 20.7. The van der Waals surface area contributed by atoms with Crippen LogP contribution in [0.5, 0.6) is 11.5 Å². The van der Waals surface area contributed by atoms with Gasteiger partial charge in [-0.3, -0.25) is 4.79 Å². The fraction of sp³-hybridized carbons (Fsp3) is 0.273. The van der Waals surface area contributed by atoms with Crippen LogP contribution in [-0.2, 0) is 6.42 Å². The summed E-state index contributed by atoms with van der Waals surface area (Å²) in [6, 6.07) is 13.4. The molecule has 29 heavy (non-hydrogen) atoms. The number of hydrogen-bond donors (Lipinski definition) is 2. The summed E-state index contributed by atoms with van der Waals surface area (Å²) in [5.41, 5.74) is 3.14. The van der Waals surface area contributed by atoms with E-state index in [1.165, 1.54) is 29.7 Å². The van der Waals surface area contributed by atoms with E-state index < -0.39 is 0 Å². The number of amides is 1. The summed E-state index contributed by atoms with van der Waals surface area (Å²) in [5, 5.41) is 8.41. The van der Waals surface area contributed by atoms with Gasteiger partial charge in [-0.2, -0.15) is 0 Å². The lowest BCUT2D eigenvalue weighted by atomic mass is 10.1. The van der Waals surface area contributed by atoms with Crippen LogP contribution in [0.4, 0.5) is 16.5 Å². The van der Waals surface area contributed by atoms with Crippen LogP contribution in [0.25, 0.3) is 0 Å². The predicted octanol–water partition coefficient (Wildman–Crippen LogP) is 5.50. The van der Waals surface area contributed by atoms with Crippen molar-refractivity contribution in [3.63, 3.8) is 0 Å². The summed E-state index contributed by atoms with van der Waals surface area (Å²) < 4.78 is 10.6. The number of anilines is 3. The van der Waals surface area contributed by atoms with Gasteiger partial charge in [0, 0.05) is 17.1 Å². The highest BCUT2D eigenvalue weighted by molar-refractivity contribution is 7.14. The van der Waals surface area contributed by atoms with Gasteiger partial charge < -0.3 is 20.1 Å². The topological polar surface area (TPSA) is 72.5 Å². The Hall–Kier alpha value is -3.06. The van der Waals surface area contributed by atoms with Crippen LogP contribution in [0, 0.1) is 0 Å². The number of rotatable bonds is 9. The number of carbonyl (C=O) groups excluding carboxylic acids is 1. The Balaban J connectivity index is 1.64. The van der Waals surface area contributed by atoms with Crippen LogP contribution in [0.15, 0.2) is 47.8 Å². The standard InChI is InChI=1S/C22H25N3O3S/c1-4-5-6-15-7-9-16(10-8-15)23-21(26)19-14-29-22(25-19)24-18-12-11-17(27-2)13-20(18)28-3/h7-14H,4-6H2,1-3H3,(H,23,26)(H,24,25). The van der Waals surface area contributed by atoms with Crippen molar-refractivity contribution in [3.8, 4) is 11.5 Å². The van der Waals surface area contributed by atoms with Crippen LogP contribution in [-0.4, -0.2) is 25.1 Å². The molecule has 0 radical (unpaired) electrons. The molecule has 6 nitrogen and oxygen atoms in total. The Kier molecular flexibility index (Phi) is 7.08. The predicted molar refractivity (Wildman–Crippen MR) is 118 cm³/mol. The summed E-state index contributed by atoms with van der Waals surface area (Å²) in [4.78, 5) is 16.9. The Labute approximate surface area is 174 Å². The van der Waals surface area contributed by atoms with E-state index in [1.807, 2.05) is 24.3 Å². The largest absolute Gasteiger partial charge is 0.497 e. The third kappa shape index (κ3) is 5.48. The molecule has 0 saturated carbocycles. The third-order valence-electron chi connectivity index (χ3n) is 4.42. The summed E-state index contributed by atoms with van der Waals surface area (Å²) in [6.45, 7) is 2.18. The fourth-order valence-corrected chi connectivity index (χ4v) is 3.49. The molecule has 7 heteroatoms. The van der Waals surface area contributed by atoms with Gasteiger partial charge in [0.05, 0.1) is 19.9 Å². The van der Waals surface area contributed by atoms with Crippen molar-refractivity contribution in [3.05, 3.63) is 59.1 Å². The molecular weight excluding hydrogens is 386 g/mol. The van der Waals surface area contributed by atoms with E-state index in [-0.39, 0.29) is 5.91 Å². The highest BCUT2D eigenvalue weighted by Crippen LogP contribution is 2.32. The van der Waals surface area contributed by atoms with Crippen LogP contribution in [0.2, 0.25) is 0 Å². The van der Waals surface area contributed by atoms with E-state index in [0.717, 1.165) is 17.8 Å². The highest BCUT2D eigenvalue weighted by atomic mass is 32.1. The number of aromatic nitrogens is 1. The molecule has 0 atom stereocenters. The Bertz CT molecular complexity index is 954. The van der Waals surface area contributed by atoms with Gasteiger partial charge in [-0.25, -0.2) is 4.98 Å². The van der Waals surface area contributed by atoms with Crippen molar-refractivity contribution in [1.29, 1.82) is 0 Å². The third-order valence-corrected chi connectivity index (χ3v) is 5.18. The molecule has 1 heterocycles. The summed E-state index contributed by atoms with van der Waals surface area (Å²) in [5.74, 6) is 1.10. The van der Waals surface area contributed by atoms with Crippen molar-refractivity contribution in [2.45, 2.75) is 26.2 Å².